The van der Waals surface area contributed by atoms with Crippen molar-refractivity contribution in [2.24, 2.45) is 0 Å². The monoisotopic (exact) mass is 700 g/mol. The average Bonchev–Trinajstić information content (AvgIpc) is 3.56. The van der Waals surface area contributed by atoms with Crippen molar-refractivity contribution < 1.29 is 38.7 Å². The van der Waals surface area contributed by atoms with Crippen LogP contribution in [0.4, 0.5) is 0 Å². The van der Waals surface area contributed by atoms with E-state index in [2.05, 4.69) is 61.1 Å². The number of carboxylic acids is 2. The summed E-state index contributed by atoms with van der Waals surface area (Å²) in [5.41, 5.74) is 6.63. The Morgan fingerprint density at radius 2 is 0.878 bits per heavy atom. The smallest absolute Gasteiger partial charge is 0.547 e. The van der Waals surface area contributed by atoms with Gasteiger partial charge >= 0.3 is 37.7 Å². The zero-order valence-corrected chi connectivity index (χ0v) is 31.8. The molecule has 0 aliphatic carbocycles. The predicted molar refractivity (Wildman–Crippen MR) is 186 cm³/mol. The fraction of sp³-hybridized carbons (Fsp3) is 0.421. The predicted octanol–water partition coefficient (Wildman–Crippen LogP) is 3.38. The van der Waals surface area contributed by atoms with Gasteiger partial charge in [0.25, 0.3) is 0 Å². The standard InChI is InChI=1S/2C19H25NO4.Ca/c2*1-4-23-18(19(21)22)13-16-7-9-17(10-8-16)24-12-11-20-14(2)5-6-15(20)3;/h2*5-10,18H,4,11-13H2,1-3H3,(H,21,22);/q;;+2/p-2. The Morgan fingerprint density at radius 3 is 1.14 bits per heavy atom. The largest absolute Gasteiger partial charge is 2.00 e. The van der Waals surface area contributed by atoms with Crippen LogP contribution in [0.15, 0.2) is 72.8 Å². The number of aliphatic carboxylic acids is 2. The molecule has 0 amide bonds. The SMILES string of the molecule is CCOC(Cc1ccc(OCCn2c(C)ccc2C)cc1)C(=O)[O-].CCOC(Cc1ccc(OCCn2c(C)ccc2C)cc1)C(=O)[O-].[Ca+2]. The summed E-state index contributed by atoms with van der Waals surface area (Å²) in [5.74, 6) is -0.838. The molecule has 2 unspecified atom stereocenters. The van der Waals surface area contributed by atoms with Crippen LogP contribution in [0.2, 0.25) is 0 Å². The summed E-state index contributed by atoms with van der Waals surface area (Å²) >= 11 is 0. The molecule has 49 heavy (non-hydrogen) atoms. The molecule has 2 aromatic heterocycles. The van der Waals surface area contributed by atoms with Crippen LogP contribution in [-0.2, 0) is 45.0 Å². The molecule has 0 aliphatic heterocycles. The molecule has 0 bridgehead atoms. The molecule has 0 N–H and O–H groups in total. The third kappa shape index (κ3) is 13.9. The summed E-state index contributed by atoms with van der Waals surface area (Å²) in [6, 6.07) is 23.2. The molecule has 0 radical (unpaired) electrons. The van der Waals surface area contributed by atoms with Crippen LogP contribution >= 0.6 is 0 Å². The summed E-state index contributed by atoms with van der Waals surface area (Å²) in [4.78, 5) is 22.0. The van der Waals surface area contributed by atoms with Gasteiger partial charge in [-0.2, -0.15) is 0 Å². The first-order valence-corrected chi connectivity index (χ1v) is 16.4. The number of aromatic nitrogens is 2. The van der Waals surface area contributed by atoms with Crippen molar-refractivity contribution in [2.75, 3.05) is 26.4 Å². The maximum absolute atomic E-state index is 11.0. The minimum atomic E-state index is -1.19. The zero-order valence-electron chi connectivity index (χ0n) is 29.6. The van der Waals surface area contributed by atoms with Crippen molar-refractivity contribution in [1.29, 1.82) is 0 Å². The van der Waals surface area contributed by atoms with Gasteiger partial charge < -0.3 is 47.9 Å². The molecule has 11 heteroatoms. The Bertz CT molecular complexity index is 1410. The van der Waals surface area contributed by atoms with Gasteiger partial charge in [0, 0.05) is 48.8 Å². The van der Waals surface area contributed by atoms with Crippen LogP contribution in [0.25, 0.3) is 0 Å². The normalized spacial score (nSPS) is 11.9. The van der Waals surface area contributed by atoms with Gasteiger partial charge in [0.2, 0.25) is 0 Å². The van der Waals surface area contributed by atoms with E-state index < -0.39 is 24.1 Å². The minimum absolute atomic E-state index is 0. The first-order chi connectivity index (χ1) is 23.0. The van der Waals surface area contributed by atoms with E-state index in [9.17, 15) is 19.8 Å². The summed E-state index contributed by atoms with van der Waals surface area (Å²) in [6.07, 6.45) is -1.25. The van der Waals surface area contributed by atoms with E-state index in [0.717, 1.165) is 35.7 Å². The van der Waals surface area contributed by atoms with E-state index in [1.54, 1.807) is 13.8 Å². The zero-order chi connectivity index (χ0) is 35.1. The summed E-state index contributed by atoms with van der Waals surface area (Å²) < 4.78 is 26.3. The maximum Gasteiger partial charge on any atom is 2.00 e. The van der Waals surface area contributed by atoms with Crippen molar-refractivity contribution >= 4 is 49.7 Å². The quantitative estimate of drug-likeness (QED) is 0.145. The number of carboxylic acid groups (broad SMARTS) is 2. The van der Waals surface area contributed by atoms with Gasteiger partial charge in [-0.05, 0) is 101 Å². The topological polar surface area (TPSA) is 127 Å². The van der Waals surface area contributed by atoms with E-state index >= 15 is 0 Å². The molecule has 2 aromatic carbocycles. The molecule has 0 saturated carbocycles. The number of rotatable bonds is 18. The number of hydrogen-bond donors (Lipinski definition) is 0. The molecule has 0 saturated heterocycles. The second-order valence-electron chi connectivity index (χ2n) is 11.5. The van der Waals surface area contributed by atoms with Gasteiger partial charge in [0.1, 0.15) is 36.9 Å². The van der Waals surface area contributed by atoms with Gasteiger partial charge in [-0.25, -0.2) is 0 Å². The number of carbonyl (C=O) groups is 2. The Kier molecular flexibility index (Phi) is 18.6. The van der Waals surface area contributed by atoms with Crippen LogP contribution in [-0.4, -0.2) is 97.4 Å². The Labute approximate surface area is 319 Å². The van der Waals surface area contributed by atoms with E-state index in [0.29, 0.717) is 26.4 Å². The summed E-state index contributed by atoms with van der Waals surface area (Å²) in [5, 5.41) is 22.0. The third-order valence-electron chi connectivity index (χ3n) is 7.95. The maximum atomic E-state index is 11.0. The number of hydrogen-bond acceptors (Lipinski definition) is 8. The van der Waals surface area contributed by atoms with Crippen molar-refractivity contribution in [2.45, 2.75) is 79.7 Å². The number of carbonyl (C=O) groups excluding carboxylic acids is 2. The van der Waals surface area contributed by atoms with Crippen LogP contribution in [0.3, 0.4) is 0 Å². The van der Waals surface area contributed by atoms with Crippen molar-refractivity contribution in [3.8, 4) is 11.5 Å². The fourth-order valence-corrected chi connectivity index (χ4v) is 5.31. The summed E-state index contributed by atoms with van der Waals surface area (Å²) in [6.45, 7) is 15.3. The van der Waals surface area contributed by atoms with Crippen LogP contribution in [0, 0.1) is 27.7 Å². The number of ether oxygens (including phenoxy) is 4. The average molecular weight is 701 g/mol. The number of aryl methyl sites for hydroxylation is 4. The van der Waals surface area contributed by atoms with Gasteiger partial charge in [0.05, 0.1) is 25.0 Å². The fourth-order valence-electron chi connectivity index (χ4n) is 5.31. The number of nitrogens with zero attached hydrogens (tertiary/aromatic N) is 2. The summed E-state index contributed by atoms with van der Waals surface area (Å²) in [7, 11) is 0. The first kappa shape index (κ1) is 41.9. The van der Waals surface area contributed by atoms with Crippen LogP contribution in [0.5, 0.6) is 11.5 Å². The van der Waals surface area contributed by atoms with Crippen LogP contribution in [0.1, 0.15) is 47.8 Å². The molecular weight excluding hydrogens is 653 g/mol. The van der Waals surface area contributed by atoms with E-state index in [1.807, 2.05) is 48.5 Å². The van der Waals surface area contributed by atoms with Crippen molar-refractivity contribution in [3.05, 3.63) is 107 Å². The molecule has 4 aromatic rings. The van der Waals surface area contributed by atoms with Gasteiger partial charge in [0.15, 0.2) is 0 Å². The molecule has 10 nitrogen and oxygen atoms in total. The van der Waals surface area contributed by atoms with E-state index in [-0.39, 0.29) is 50.6 Å². The van der Waals surface area contributed by atoms with Crippen LogP contribution < -0.4 is 19.7 Å². The van der Waals surface area contributed by atoms with Crippen molar-refractivity contribution in [3.63, 3.8) is 0 Å². The van der Waals surface area contributed by atoms with E-state index in [4.69, 9.17) is 18.9 Å². The molecule has 0 spiro atoms. The van der Waals surface area contributed by atoms with Gasteiger partial charge in [-0.3, -0.25) is 0 Å². The Balaban J connectivity index is 0.000000333. The second-order valence-corrected chi connectivity index (χ2v) is 11.5. The number of benzene rings is 2. The van der Waals surface area contributed by atoms with Crippen molar-refractivity contribution in [1.82, 2.24) is 9.13 Å². The molecule has 2 atom stereocenters. The first-order valence-electron chi connectivity index (χ1n) is 16.4. The van der Waals surface area contributed by atoms with E-state index in [1.165, 1.54) is 22.8 Å². The molecule has 260 valence electrons. The van der Waals surface area contributed by atoms with Gasteiger partial charge in [-0.1, -0.05) is 24.3 Å². The molecular formula is C38H48CaN2O8. The second kappa shape index (κ2) is 21.7. The minimum Gasteiger partial charge on any atom is -0.547 e. The molecule has 2 heterocycles. The molecule has 0 aliphatic rings. The Hall–Kier alpha value is -3.28. The molecule has 0 fully saturated rings. The molecule has 4 rings (SSSR count). The Morgan fingerprint density at radius 1 is 0.571 bits per heavy atom. The third-order valence-corrected chi connectivity index (χ3v) is 7.95. The van der Waals surface area contributed by atoms with Gasteiger partial charge in [-0.15, -0.1) is 0 Å².